The molecule has 1 aliphatic heterocycles. The number of thioether (sulfide) groups is 1. The maximum absolute atomic E-state index is 12.6. The molecule has 0 unspecified atom stereocenters. The molecule has 1 saturated heterocycles. The minimum Gasteiger partial charge on any atom is -0.494 e. The number of amides is 1. The lowest BCUT2D eigenvalue weighted by Crippen LogP contribution is -2.43. The van der Waals surface area contributed by atoms with Gasteiger partial charge in [-0.1, -0.05) is 82.1 Å². The van der Waals surface area contributed by atoms with Crippen molar-refractivity contribution < 1.29 is 19.4 Å². The number of benzene rings is 1. The third-order valence-electron chi connectivity index (χ3n) is 4.75. The van der Waals surface area contributed by atoms with Crippen LogP contribution in [-0.4, -0.2) is 38.9 Å². The van der Waals surface area contributed by atoms with E-state index in [0.717, 1.165) is 29.5 Å². The molecular weight excluding hydrogens is 406 g/mol. The summed E-state index contributed by atoms with van der Waals surface area (Å²) in [6, 6.07) is 6.62. The van der Waals surface area contributed by atoms with Gasteiger partial charge in [-0.15, -0.1) is 0 Å². The molecule has 0 saturated carbocycles. The molecule has 1 heterocycles. The van der Waals surface area contributed by atoms with Crippen LogP contribution in [-0.2, 0) is 9.59 Å². The van der Waals surface area contributed by atoms with Gasteiger partial charge in [-0.05, 0) is 36.6 Å². The molecule has 1 N–H and O–H groups in total. The number of ether oxygens (including phenoxy) is 1. The first kappa shape index (κ1) is 23.4. The van der Waals surface area contributed by atoms with Crippen LogP contribution >= 0.6 is 24.0 Å². The number of hydrogen-bond donors (Lipinski definition) is 1. The van der Waals surface area contributed by atoms with Crippen molar-refractivity contribution >= 4 is 46.3 Å². The molecule has 2 rings (SSSR count). The molecule has 1 amide bonds. The Morgan fingerprint density at radius 2 is 1.83 bits per heavy atom. The number of hydrogen-bond acceptors (Lipinski definition) is 5. The fourth-order valence-electron chi connectivity index (χ4n) is 3.10. The van der Waals surface area contributed by atoms with E-state index in [-0.39, 0.29) is 10.2 Å². The van der Waals surface area contributed by atoms with E-state index in [4.69, 9.17) is 17.0 Å². The molecule has 0 bridgehead atoms. The first-order valence-electron chi connectivity index (χ1n) is 10.2. The molecule has 1 atom stereocenters. The van der Waals surface area contributed by atoms with E-state index >= 15 is 0 Å². The van der Waals surface area contributed by atoms with Gasteiger partial charge < -0.3 is 9.84 Å². The molecule has 1 aliphatic rings. The van der Waals surface area contributed by atoms with Crippen LogP contribution in [0.4, 0.5) is 0 Å². The lowest BCUT2D eigenvalue weighted by Gasteiger charge is -2.21. The van der Waals surface area contributed by atoms with E-state index in [2.05, 4.69) is 6.92 Å². The quantitative estimate of drug-likeness (QED) is 0.266. The highest BCUT2D eigenvalue weighted by Gasteiger charge is 2.39. The zero-order valence-corrected chi connectivity index (χ0v) is 18.7. The van der Waals surface area contributed by atoms with Crippen LogP contribution in [0, 0.1) is 0 Å². The SMILES string of the molecule is CCCCCCCCOc1ccc(/C=C2/SC(=S)N([C@@H](CC)C(=O)O)C2=O)cc1. The van der Waals surface area contributed by atoms with Gasteiger partial charge in [-0.3, -0.25) is 9.69 Å². The molecule has 0 radical (unpaired) electrons. The summed E-state index contributed by atoms with van der Waals surface area (Å²) in [5.74, 6) is -0.588. The average molecular weight is 436 g/mol. The Morgan fingerprint density at radius 3 is 2.45 bits per heavy atom. The molecule has 158 valence electrons. The second kappa shape index (κ2) is 12.0. The second-order valence-electron chi connectivity index (χ2n) is 7.00. The molecule has 7 heteroatoms. The summed E-state index contributed by atoms with van der Waals surface area (Å²) in [7, 11) is 0. The fraction of sp³-hybridized carbons (Fsp3) is 0.500. The summed E-state index contributed by atoms with van der Waals surface area (Å²) in [5.41, 5.74) is 0.848. The molecule has 1 aromatic rings. The Morgan fingerprint density at radius 1 is 1.17 bits per heavy atom. The molecule has 0 aromatic heterocycles. The molecule has 29 heavy (non-hydrogen) atoms. The van der Waals surface area contributed by atoms with Crippen LogP contribution in [0.25, 0.3) is 6.08 Å². The number of carboxylic acids is 1. The number of thiocarbonyl (C=S) groups is 1. The first-order valence-corrected chi connectivity index (χ1v) is 11.4. The third-order valence-corrected chi connectivity index (χ3v) is 6.08. The Labute approximate surface area is 182 Å². The van der Waals surface area contributed by atoms with Crippen molar-refractivity contribution in [1.29, 1.82) is 0 Å². The third kappa shape index (κ3) is 6.85. The summed E-state index contributed by atoms with van der Waals surface area (Å²) in [4.78, 5) is 25.7. The average Bonchev–Trinajstić information content (AvgIpc) is 2.97. The molecule has 0 spiro atoms. The van der Waals surface area contributed by atoms with E-state index < -0.39 is 12.0 Å². The Bertz CT molecular complexity index is 746. The maximum atomic E-state index is 12.6. The Kier molecular flexibility index (Phi) is 9.67. The van der Waals surface area contributed by atoms with Crippen molar-refractivity contribution in [2.45, 2.75) is 64.8 Å². The van der Waals surface area contributed by atoms with Crippen molar-refractivity contribution in [2.24, 2.45) is 0 Å². The maximum Gasteiger partial charge on any atom is 0.326 e. The summed E-state index contributed by atoms with van der Waals surface area (Å²) < 4.78 is 6.06. The van der Waals surface area contributed by atoms with Gasteiger partial charge in [0.15, 0.2) is 0 Å². The van der Waals surface area contributed by atoms with Gasteiger partial charge in [-0.2, -0.15) is 0 Å². The van der Waals surface area contributed by atoms with E-state index in [1.165, 1.54) is 37.0 Å². The van der Waals surface area contributed by atoms with Gasteiger partial charge in [0.2, 0.25) is 0 Å². The van der Waals surface area contributed by atoms with Crippen LogP contribution < -0.4 is 4.74 Å². The second-order valence-corrected chi connectivity index (χ2v) is 8.68. The van der Waals surface area contributed by atoms with Gasteiger partial charge in [-0.25, -0.2) is 4.79 Å². The topological polar surface area (TPSA) is 66.8 Å². The standard InChI is InChI=1S/C22H29NO4S2/c1-3-5-6-7-8-9-14-27-17-12-10-16(11-13-17)15-19-20(24)23(22(28)29-19)18(4-2)21(25)26/h10-13,15,18H,3-9,14H2,1-2H3,(H,25,26)/b19-15+/t18-/m0/s1. The van der Waals surface area contributed by atoms with Crippen LogP contribution in [0.15, 0.2) is 29.2 Å². The molecular formula is C22H29NO4S2. The fourth-order valence-corrected chi connectivity index (χ4v) is 4.46. The van der Waals surface area contributed by atoms with Crippen molar-refractivity contribution in [2.75, 3.05) is 6.61 Å². The molecule has 1 aromatic carbocycles. The zero-order chi connectivity index (χ0) is 21.2. The zero-order valence-electron chi connectivity index (χ0n) is 17.1. The van der Waals surface area contributed by atoms with Gasteiger partial charge in [0.25, 0.3) is 5.91 Å². The lowest BCUT2D eigenvalue weighted by atomic mass is 10.1. The summed E-state index contributed by atoms with van der Waals surface area (Å²) >= 11 is 6.37. The van der Waals surface area contributed by atoms with Crippen molar-refractivity contribution in [3.63, 3.8) is 0 Å². The highest BCUT2D eigenvalue weighted by molar-refractivity contribution is 8.26. The Hall–Kier alpha value is -1.86. The van der Waals surface area contributed by atoms with Gasteiger partial charge in [0.1, 0.15) is 16.1 Å². The van der Waals surface area contributed by atoms with Crippen LogP contribution in [0.2, 0.25) is 0 Å². The monoisotopic (exact) mass is 435 g/mol. The summed E-state index contributed by atoms with van der Waals surface area (Å²) in [6.07, 6.45) is 9.40. The predicted molar refractivity (Wildman–Crippen MR) is 122 cm³/mol. The number of aliphatic carboxylic acids is 1. The van der Waals surface area contributed by atoms with Crippen LogP contribution in [0.5, 0.6) is 5.75 Å². The highest BCUT2D eigenvalue weighted by atomic mass is 32.2. The van der Waals surface area contributed by atoms with Crippen molar-refractivity contribution in [3.05, 3.63) is 34.7 Å². The Balaban J connectivity index is 1.90. The number of unbranched alkanes of at least 4 members (excludes halogenated alkanes) is 5. The number of carbonyl (C=O) groups excluding carboxylic acids is 1. The smallest absolute Gasteiger partial charge is 0.326 e. The number of carboxylic acid groups (broad SMARTS) is 1. The molecule has 5 nitrogen and oxygen atoms in total. The normalized spacial score (nSPS) is 16.5. The highest BCUT2D eigenvalue weighted by Crippen LogP contribution is 2.34. The molecule has 1 fully saturated rings. The van der Waals surface area contributed by atoms with Crippen LogP contribution in [0.1, 0.15) is 64.4 Å². The number of rotatable bonds is 12. The van der Waals surface area contributed by atoms with Gasteiger partial charge in [0.05, 0.1) is 11.5 Å². The number of carbonyl (C=O) groups is 2. The van der Waals surface area contributed by atoms with E-state index in [9.17, 15) is 14.7 Å². The van der Waals surface area contributed by atoms with Crippen molar-refractivity contribution in [3.8, 4) is 5.75 Å². The lowest BCUT2D eigenvalue weighted by molar-refractivity contribution is -0.145. The van der Waals surface area contributed by atoms with Gasteiger partial charge in [0, 0.05) is 0 Å². The first-order chi connectivity index (χ1) is 14.0. The van der Waals surface area contributed by atoms with E-state index in [1.807, 2.05) is 24.3 Å². The van der Waals surface area contributed by atoms with E-state index in [0.29, 0.717) is 17.9 Å². The predicted octanol–water partition coefficient (Wildman–Crippen LogP) is 5.49. The minimum absolute atomic E-state index is 0.286. The van der Waals surface area contributed by atoms with Crippen LogP contribution in [0.3, 0.4) is 0 Å². The number of nitrogens with zero attached hydrogens (tertiary/aromatic N) is 1. The summed E-state index contributed by atoms with van der Waals surface area (Å²) in [6.45, 7) is 4.65. The largest absolute Gasteiger partial charge is 0.494 e. The van der Waals surface area contributed by atoms with E-state index in [1.54, 1.807) is 13.0 Å². The minimum atomic E-state index is -1.04. The van der Waals surface area contributed by atoms with Crippen molar-refractivity contribution in [1.82, 2.24) is 4.90 Å². The molecule has 0 aliphatic carbocycles. The van der Waals surface area contributed by atoms with Gasteiger partial charge >= 0.3 is 5.97 Å². The summed E-state index contributed by atoms with van der Waals surface area (Å²) in [5, 5.41) is 9.32.